The highest BCUT2D eigenvalue weighted by Crippen LogP contribution is 2.22. The number of hydrogen-bond acceptors (Lipinski definition) is 2. The molecule has 0 heterocycles. The molecule has 4 heteroatoms. The molecule has 0 aliphatic heterocycles. The van der Waals surface area contributed by atoms with Crippen molar-refractivity contribution in [3.8, 4) is 0 Å². The van der Waals surface area contributed by atoms with Gasteiger partial charge in [0.15, 0.2) is 0 Å². The first-order valence-electron chi connectivity index (χ1n) is 7.92. The number of nitrogens with zero attached hydrogens (tertiary/aromatic N) is 1. The number of benzene rings is 1. The fourth-order valence-corrected chi connectivity index (χ4v) is 3.66. The number of sulfonamides is 1. The van der Waals surface area contributed by atoms with Crippen LogP contribution >= 0.6 is 0 Å². The molecule has 0 radical (unpaired) electrons. The molecule has 0 unspecified atom stereocenters. The van der Waals surface area contributed by atoms with E-state index in [1.807, 2.05) is 13.0 Å². The van der Waals surface area contributed by atoms with Gasteiger partial charge in [-0.25, -0.2) is 12.7 Å². The van der Waals surface area contributed by atoms with Crippen LogP contribution in [0.5, 0.6) is 0 Å². The van der Waals surface area contributed by atoms with Gasteiger partial charge in [-0.2, -0.15) is 0 Å². The van der Waals surface area contributed by atoms with Crippen molar-refractivity contribution in [1.82, 2.24) is 4.31 Å². The highest BCUT2D eigenvalue weighted by Gasteiger charge is 2.20. The van der Waals surface area contributed by atoms with Crippen LogP contribution in [-0.2, 0) is 16.4 Å². The van der Waals surface area contributed by atoms with Gasteiger partial charge in [-0.05, 0) is 37.0 Å². The van der Waals surface area contributed by atoms with Crippen molar-refractivity contribution in [2.24, 2.45) is 0 Å². The lowest BCUT2D eigenvalue weighted by Gasteiger charge is -2.16. The Morgan fingerprint density at radius 1 is 1.00 bits per heavy atom. The summed E-state index contributed by atoms with van der Waals surface area (Å²) in [6.07, 6.45) is 8.50. The lowest BCUT2D eigenvalue weighted by molar-refractivity contribution is 0.520. The molecule has 0 aliphatic carbocycles. The van der Waals surface area contributed by atoms with Crippen LogP contribution in [0.15, 0.2) is 23.1 Å². The summed E-state index contributed by atoms with van der Waals surface area (Å²) in [6.45, 7) is 4.14. The molecule has 21 heavy (non-hydrogen) atoms. The molecule has 1 rings (SSSR count). The van der Waals surface area contributed by atoms with Crippen LogP contribution in [0.25, 0.3) is 0 Å². The molecule has 0 amide bonds. The fourth-order valence-electron chi connectivity index (χ4n) is 2.50. The summed E-state index contributed by atoms with van der Waals surface area (Å²) in [5.41, 5.74) is 2.06. The predicted octanol–water partition coefficient (Wildman–Crippen LogP) is 4.15. The summed E-state index contributed by atoms with van der Waals surface area (Å²) < 4.78 is 25.8. The molecule has 0 atom stereocenters. The molecule has 120 valence electrons. The molecule has 1 aromatic carbocycles. The van der Waals surface area contributed by atoms with E-state index in [0.29, 0.717) is 4.90 Å². The van der Waals surface area contributed by atoms with Crippen LogP contribution in [0.4, 0.5) is 0 Å². The van der Waals surface area contributed by atoms with E-state index in [1.54, 1.807) is 20.2 Å². The van der Waals surface area contributed by atoms with E-state index in [4.69, 9.17) is 0 Å². The minimum Gasteiger partial charge on any atom is -0.207 e. The Bertz CT molecular complexity index is 536. The lowest BCUT2D eigenvalue weighted by atomic mass is 10.0. The monoisotopic (exact) mass is 311 g/mol. The van der Waals surface area contributed by atoms with Gasteiger partial charge in [0.2, 0.25) is 10.0 Å². The van der Waals surface area contributed by atoms with E-state index < -0.39 is 10.0 Å². The maximum atomic E-state index is 12.3. The van der Waals surface area contributed by atoms with Crippen LogP contribution in [0.1, 0.15) is 56.6 Å². The highest BCUT2D eigenvalue weighted by atomic mass is 32.2. The third kappa shape index (κ3) is 5.11. The summed E-state index contributed by atoms with van der Waals surface area (Å²) in [5, 5.41) is 0. The summed E-state index contributed by atoms with van der Waals surface area (Å²) >= 11 is 0. The summed E-state index contributed by atoms with van der Waals surface area (Å²) in [4.78, 5) is 0.441. The second-order valence-corrected chi connectivity index (χ2v) is 7.97. The molecule has 0 saturated heterocycles. The lowest BCUT2D eigenvalue weighted by Crippen LogP contribution is -2.23. The summed E-state index contributed by atoms with van der Waals surface area (Å²) in [7, 11) is -0.182. The molecule has 0 saturated carbocycles. The average Bonchev–Trinajstić information content (AvgIpc) is 2.43. The van der Waals surface area contributed by atoms with E-state index in [1.165, 1.54) is 36.4 Å². The second-order valence-electron chi connectivity index (χ2n) is 5.85. The maximum absolute atomic E-state index is 12.3. The van der Waals surface area contributed by atoms with Crippen LogP contribution in [-0.4, -0.2) is 26.8 Å². The molecule has 1 aromatic rings. The molecule has 0 aromatic heterocycles. The molecule has 0 fully saturated rings. The van der Waals surface area contributed by atoms with Crippen LogP contribution in [0.3, 0.4) is 0 Å². The molecule has 3 nitrogen and oxygen atoms in total. The van der Waals surface area contributed by atoms with E-state index in [0.717, 1.165) is 24.0 Å². The van der Waals surface area contributed by atoms with Crippen molar-refractivity contribution in [2.45, 2.75) is 63.7 Å². The van der Waals surface area contributed by atoms with E-state index in [9.17, 15) is 8.42 Å². The van der Waals surface area contributed by atoms with Crippen molar-refractivity contribution in [3.05, 3.63) is 29.3 Å². The van der Waals surface area contributed by atoms with Crippen LogP contribution < -0.4 is 0 Å². The van der Waals surface area contributed by atoms with Gasteiger partial charge in [-0.3, -0.25) is 0 Å². The first-order chi connectivity index (χ1) is 9.91. The van der Waals surface area contributed by atoms with Gasteiger partial charge in [0.1, 0.15) is 0 Å². The molecular weight excluding hydrogens is 282 g/mol. The van der Waals surface area contributed by atoms with Gasteiger partial charge in [0.25, 0.3) is 0 Å². The van der Waals surface area contributed by atoms with Gasteiger partial charge in [0, 0.05) is 14.1 Å². The average molecular weight is 311 g/mol. The summed E-state index contributed by atoms with van der Waals surface area (Å²) in [6, 6.07) is 5.61. The Labute approximate surface area is 130 Å². The Morgan fingerprint density at radius 3 is 2.24 bits per heavy atom. The Kier molecular flexibility index (Phi) is 7.40. The number of aryl methyl sites for hydroxylation is 1. The van der Waals surface area contributed by atoms with E-state index >= 15 is 0 Å². The van der Waals surface area contributed by atoms with E-state index in [2.05, 4.69) is 13.0 Å². The van der Waals surface area contributed by atoms with Gasteiger partial charge in [-0.1, -0.05) is 51.2 Å². The zero-order valence-corrected chi connectivity index (χ0v) is 14.7. The van der Waals surface area contributed by atoms with Crippen molar-refractivity contribution >= 4 is 10.0 Å². The third-order valence-corrected chi connectivity index (χ3v) is 5.91. The molecule has 0 bridgehead atoms. The van der Waals surface area contributed by atoms with Crippen molar-refractivity contribution < 1.29 is 8.42 Å². The van der Waals surface area contributed by atoms with E-state index in [-0.39, 0.29) is 0 Å². The quantitative estimate of drug-likeness (QED) is 0.643. The Balaban J connectivity index is 2.69. The van der Waals surface area contributed by atoms with Crippen molar-refractivity contribution in [2.75, 3.05) is 14.1 Å². The smallest absolute Gasteiger partial charge is 0.207 e. The largest absolute Gasteiger partial charge is 0.242 e. The molecule has 0 spiro atoms. The fraction of sp³-hybridized carbons (Fsp3) is 0.647. The number of rotatable bonds is 9. The minimum atomic E-state index is -3.34. The van der Waals surface area contributed by atoms with Crippen molar-refractivity contribution in [3.63, 3.8) is 0 Å². The third-order valence-electron chi connectivity index (χ3n) is 3.95. The SMILES string of the molecule is CCCCCCCCc1cccc(S(=O)(=O)N(C)C)c1C. The second kappa shape index (κ2) is 8.54. The number of unbranched alkanes of at least 4 members (excludes halogenated alkanes) is 5. The van der Waals surface area contributed by atoms with Crippen LogP contribution in [0, 0.1) is 6.92 Å². The standard InChI is InChI=1S/C17H29NO2S/c1-5-6-7-8-9-10-12-16-13-11-14-17(15(16)2)21(19,20)18(3)4/h11,13-14H,5-10,12H2,1-4H3. The highest BCUT2D eigenvalue weighted by molar-refractivity contribution is 7.89. The molecule has 0 N–H and O–H groups in total. The molecular formula is C17H29NO2S. The number of hydrogen-bond donors (Lipinski definition) is 0. The molecule has 0 aliphatic rings. The Hall–Kier alpha value is -0.870. The first-order valence-corrected chi connectivity index (χ1v) is 9.36. The van der Waals surface area contributed by atoms with Crippen LogP contribution in [0.2, 0.25) is 0 Å². The van der Waals surface area contributed by atoms with Gasteiger partial charge in [0.05, 0.1) is 4.90 Å². The zero-order chi connectivity index (χ0) is 15.9. The normalized spacial score (nSPS) is 12.0. The topological polar surface area (TPSA) is 37.4 Å². The Morgan fingerprint density at radius 2 is 1.62 bits per heavy atom. The summed E-state index contributed by atoms with van der Waals surface area (Å²) in [5.74, 6) is 0. The predicted molar refractivity (Wildman–Crippen MR) is 89.1 cm³/mol. The maximum Gasteiger partial charge on any atom is 0.242 e. The first kappa shape index (κ1) is 18.2. The van der Waals surface area contributed by atoms with Gasteiger partial charge >= 0.3 is 0 Å². The minimum absolute atomic E-state index is 0.441. The van der Waals surface area contributed by atoms with Crippen molar-refractivity contribution in [1.29, 1.82) is 0 Å². The van der Waals surface area contributed by atoms with Gasteiger partial charge < -0.3 is 0 Å². The zero-order valence-electron chi connectivity index (χ0n) is 13.9. The van der Waals surface area contributed by atoms with Gasteiger partial charge in [-0.15, -0.1) is 0 Å².